The number of aliphatic hydroxyl groups excluding tert-OH is 1. The standard InChI is InChI=1S/C18H19NO3S/c1-14-7-9-18(10-8-14)23(21,22)19-12-16(11-17(20)13-19)15-5-3-2-4-6-15/h2-11,17,20H,12-13H2,1H3. The summed E-state index contributed by atoms with van der Waals surface area (Å²) in [7, 11) is -3.62. The molecule has 23 heavy (non-hydrogen) atoms. The van der Waals surface area contributed by atoms with Crippen LogP contribution in [0.3, 0.4) is 0 Å². The van der Waals surface area contributed by atoms with Crippen molar-refractivity contribution in [1.82, 2.24) is 4.31 Å². The molecule has 1 atom stereocenters. The molecule has 0 aromatic heterocycles. The second kappa shape index (κ2) is 6.28. The summed E-state index contributed by atoms with van der Waals surface area (Å²) in [6.07, 6.45) is 0.926. The molecule has 2 aromatic rings. The maximum atomic E-state index is 12.8. The Morgan fingerprint density at radius 1 is 1.04 bits per heavy atom. The number of rotatable bonds is 3. The predicted octanol–water partition coefficient (Wildman–Crippen LogP) is 2.44. The molecule has 0 bridgehead atoms. The molecule has 0 spiro atoms. The maximum absolute atomic E-state index is 12.8. The van der Waals surface area contributed by atoms with E-state index in [9.17, 15) is 13.5 Å². The molecule has 0 fully saturated rings. The number of sulfonamides is 1. The summed E-state index contributed by atoms with van der Waals surface area (Å²) in [6.45, 7) is 2.25. The van der Waals surface area contributed by atoms with Crippen molar-refractivity contribution in [2.75, 3.05) is 13.1 Å². The van der Waals surface area contributed by atoms with E-state index >= 15 is 0 Å². The van der Waals surface area contributed by atoms with Gasteiger partial charge in [-0.2, -0.15) is 4.31 Å². The summed E-state index contributed by atoms with van der Waals surface area (Å²) in [4.78, 5) is 0.254. The van der Waals surface area contributed by atoms with Gasteiger partial charge in [0.05, 0.1) is 11.0 Å². The predicted molar refractivity (Wildman–Crippen MR) is 90.4 cm³/mol. The van der Waals surface area contributed by atoms with Gasteiger partial charge in [-0.25, -0.2) is 8.42 Å². The van der Waals surface area contributed by atoms with E-state index in [2.05, 4.69) is 0 Å². The molecule has 0 saturated carbocycles. The maximum Gasteiger partial charge on any atom is 0.243 e. The van der Waals surface area contributed by atoms with Crippen molar-refractivity contribution in [2.45, 2.75) is 17.9 Å². The molecule has 0 amide bonds. The normalized spacial score (nSPS) is 19.4. The quantitative estimate of drug-likeness (QED) is 0.941. The van der Waals surface area contributed by atoms with Crippen molar-refractivity contribution >= 4 is 15.6 Å². The third kappa shape index (κ3) is 3.37. The molecule has 4 nitrogen and oxygen atoms in total. The van der Waals surface area contributed by atoms with Crippen molar-refractivity contribution in [3.63, 3.8) is 0 Å². The summed E-state index contributed by atoms with van der Waals surface area (Å²) in [5.41, 5.74) is 2.75. The third-order valence-corrected chi connectivity index (χ3v) is 5.76. The van der Waals surface area contributed by atoms with Crippen LogP contribution < -0.4 is 0 Å². The van der Waals surface area contributed by atoms with Crippen LogP contribution in [0.1, 0.15) is 11.1 Å². The van der Waals surface area contributed by atoms with E-state index in [-0.39, 0.29) is 18.0 Å². The summed E-state index contributed by atoms with van der Waals surface area (Å²) >= 11 is 0. The largest absolute Gasteiger partial charge is 0.388 e. The van der Waals surface area contributed by atoms with Gasteiger partial charge in [0.2, 0.25) is 10.0 Å². The van der Waals surface area contributed by atoms with Crippen LogP contribution >= 0.6 is 0 Å². The van der Waals surface area contributed by atoms with Crippen molar-refractivity contribution in [3.05, 3.63) is 71.8 Å². The van der Waals surface area contributed by atoms with Crippen molar-refractivity contribution in [2.24, 2.45) is 0 Å². The summed E-state index contributed by atoms with van der Waals surface area (Å²) < 4.78 is 27.0. The number of nitrogens with zero attached hydrogens (tertiary/aromatic N) is 1. The van der Waals surface area contributed by atoms with Gasteiger partial charge >= 0.3 is 0 Å². The van der Waals surface area contributed by atoms with E-state index in [1.807, 2.05) is 37.3 Å². The molecule has 1 aliphatic rings. The molecule has 0 saturated heterocycles. The van der Waals surface area contributed by atoms with Crippen LogP contribution in [0.5, 0.6) is 0 Å². The molecular formula is C18H19NO3S. The highest BCUT2D eigenvalue weighted by Gasteiger charge is 2.30. The summed E-state index contributed by atoms with van der Waals surface area (Å²) in [5, 5.41) is 10.1. The second-order valence-electron chi connectivity index (χ2n) is 5.74. The minimum absolute atomic E-state index is 0.0759. The van der Waals surface area contributed by atoms with Crippen LogP contribution in [0.25, 0.3) is 5.57 Å². The fourth-order valence-electron chi connectivity index (χ4n) is 2.68. The van der Waals surface area contributed by atoms with Gasteiger partial charge < -0.3 is 5.11 Å². The lowest BCUT2D eigenvalue weighted by atomic mass is 10.0. The van der Waals surface area contributed by atoms with Crippen LogP contribution in [-0.2, 0) is 10.0 Å². The van der Waals surface area contributed by atoms with E-state index in [1.54, 1.807) is 30.3 Å². The number of benzene rings is 2. The van der Waals surface area contributed by atoms with Crippen molar-refractivity contribution in [3.8, 4) is 0 Å². The Kier molecular flexibility index (Phi) is 4.35. The Morgan fingerprint density at radius 2 is 1.70 bits per heavy atom. The van der Waals surface area contributed by atoms with E-state index in [4.69, 9.17) is 0 Å². The first-order valence-electron chi connectivity index (χ1n) is 7.48. The van der Waals surface area contributed by atoms with Gasteiger partial charge in [0, 0.05) is 13.1 Å². The number of hydrogen-bond donors (Lipinski definition) is 1. The topological polar surface area (TPSA) is 57.6 Å². The summed E-state index contributed by atoms with van der Waals surface area (Å²) in [5.74, 6) is 0. The molecular weight excluding hydrogens is 310 g/mol. The highest BCUT2D eigenvalue weighted by molar-refractivity contribution is 7.89. The molecule has 0 radical (unpaired) electrons. The fraction of sp³-hybridized carbons (Fsp3) is 0.222. The Morgan fingerprint density at radius 3 is 2.35 bits per heavy atom. The van der Waals surface area contributed by atoms with Crippen LogP contribution in [0, 0.1) is 6.92 Å². The molecule has 0 aliphatic carbocycles. The molecule has 1 heterocycles. The monoisotopic (exact) mass is 329 g/mol. The van der Waals surface area contributed by atoms with Gasteiger partial charge in [-0.15, -0.1) is 0 Å². The van der Waals surface area contributed by atoms with Crippen LogP contribution in [-0.4, -0.2) is 37.0 Å². The van der Waals surface area contributed by atoms with Gasteiger partial charge in [-0.3, -0.25) is 0 Å². The molecule has 1 unspecified atom stereocenters. The number of aliphatic hydroxyl groups is 1. The average molecular weight is 329 g/mol. The lowest BCUT2D eigenvalue weighted by molar-refractivity contribution is 0.186. The molecule has 2 aromatic carbocycles. The lowest BCUT2D eigenvalue weighted by Crippen LogP contribution is -2.41. The van der Waals surface area contributed by atoms with Crippen molar-refractivity contribution < 1.29 is 13.5 Å². The fourth-order valence-corrected chi connectivity index (χ4v) is 4.12. The molecule has 5 heteroatoms. The summed E-state index contributed by atoms with van der Waals surface area (Å²) in [6, 6.07) is 16.3. The van der Waals surface area contributed by atoms with Crippen LogP contribution in [0.2, 0.25) is 0 Å². The SMILES string of the molecule is Cc1ccc(S(=O)(=O)N2CC(c3ccccc3)=CC(O)C2)cc1. The van der Waals surface area contributed by atoms with Gasteiger partial charge in [0.15, 0.2) is 0 Å². The smallest absolute Gasteiger partial charge is 0.243 e. The zero-order valence-electron chi connectivity index (χ0n) is 12.9. The Hall–Kier alpha value is -1.95. The molecule has 1 aliphatic heterocycles. The van der Waals surface area contributed by atoms with Gasteiger partial charge in [0.1, 0.15) is 0 Å². The molecule has 1 N–H and O–H groups in total. The van der Waals surface area contributed by atoms with Crippen LogP contribution in [0.4, 0.5) is 0 Å². The Bertz CT molecular complexity index is 811. The number of β-amino-alcohol motifs (C(OH)–C–C–N with tert-alkyl or cyclic N) is 1. The molecule has 3 rings (SSSR count). The second-order valence-corrected chi connectivity index (χ2v) is 7.67. The zero-order chi connectivity index (χ0) is 16.4. The van der Waals surface area contributed by atoms with Gasteiger partial charge in [0.25, 0.3) is 0 Å². The Labute approximate surface area is 136 Å². The van der Waals surface area contributed by atoms with E-state index in [0.717, 1.165) is 16.7 Å². The average Bonchev–Trinajstić information content (AvgIpc) is 2.55. The third-order valence-electron chi connectivity index (χ3n) is 3.93. The highest BCUT2D eigenvalue weighted by Crippen LogP contribution is 2.26. The lowest BCUT2D eigenvalue weighted by Gasteiger charge is -2.29. The van der Waals surface area contributed by atoms with Gasteiger partial charge in [-0.1, -0.05) is 48.0 Å². The van der Waals surface area contributed by atoms with Crippen molar-refractivity contribution in [1.29, 1.82) is 0 Å². The number of hydrogen-bond acceptors (Lipinski definition) is 3. The first-order chi connectivity index (χ1) is 11.0. The number of aryl methyl sites for hydroxylation is 1. The first-order valence-corrected chi connectivity index (χ1v) is 8.92. The minimum atomic E-state index is -3.62. The molecule has 120 valence electrons. The van der Waals surface area contributed by atoms with Crippen LogP contribution in [0.15, 0.2) is 65.6 Å². The van der Waals surface area contributed by atoms with Gasteiger partial charge in [-0.05, 0) is 36.3 Å². The van der Waals surface area contributed by atoms with E-state index in [0.29, 0.717) is 0 Å². The van der Waals surface area contributed by atoms with E-state index in [1.165, 1.54) is 4.31 Å². The first kappa shape index (κ1) is 15.9. The Balaban J connectivity index is 1.92. The zero-order valence-corrected chi connectivity index (χ0v) is 13.7. The van der Waals surface area contributed by atoms with E-state index < -0.39 is 16.1 Å². The minimum Gasteiger partial charge on any atom is -0.388 e. The highest BCUT2D eigenvalue weighted by atomic mass is 32.2.